The highest BCUT2D eigenvalue weighted by Crippen LogP contribution is 2.24. The van der Waals surface area contributed by atoms with Gasteiger partial charge in [-0.25, -0.2) is 8.78 Å². The zero-order valence-electron chi connectivity index (χ0n) is 7.68. The van der Waals surface area contributed by atoms with Gasteiger partial charge in [0.1, 0.15) is 0 Å². The quantitative estimate of drug-likeness (QED) is 0.674. The molecule has 0 unspecified atom stereocenters. The summed E-state index contributed by atoms with van der Waals surface area (Å²) >= 11 is 1.22. The van der Waals surface area contributed by atoms with Gasteiger partial charge in [-0.3, -0.25) is 0 Å². The largest absolute Gasteiger partial charge is 0.247 e. The number of benzene rings is 1. The second kappa shape index (κ2) is 4.61. The predicted octanol–water partition coefficient (Wildman–Crippen LogP) is 3.66. The summed E-state index contributed by atoms with van der Waals surface area (Å²) in [5, 5.41) is 0. The van der Waals surface area contributed by atoms with E-state index in [1.165, 1.54) is 11.8 Å². The van der Waals surface area contributed by atoms with Crippen molar-refractivity contribution < 1.29 is 8.78 Å². The van der Waals surface area contributed by atoms with E-state index in [-0.39, 0.29) is 5.75 Å². The van der Waals surface area contributed by atoms with E-state index in [2.05, 4.69) is 0 Å². The van der Waals surface area contributed by atoms with E-state index in [9.17, 15) is 8.78 Å². The molecular weight excluding hydrogens is 190 g/mol. The lowest BCUT2D eigenvalue weighted by atomic mass is 10.2. The summed E-state index contributed by atoms with van der Waals surface area (Å²) in [6.07, 6.45) is -2.23. The molecule has 1 aromatic carbocycles. The number of hydrogen-bond donors (Lipinski definition) is 0. The highest BCUT2D eigenvalue weighted by molar-refractivity contribution is 7.99. The highest BCUT2D eigenvalue weighted by Gasteiger charge is 2.05. The van der Waals surface area contributed by atoms with Gasteiger partial charge in [0.05, 0.1) is 5.75 Å². The summed E-state index contributed by atoms with van der Waals surface area (Å²) in [5.41, 5.74) is 2.18. The average molecular weight is 202 g/mol. The molecule has 0 radical (unpaired) electrons. The molecule has 0 atom stereocenters. The molecule has 0 saturated heterocycles. The lowest BCUT2D eigenvalue weighted by Gasteiger charge is -2.05. The van der Waals surface area contributed by atoms with Crippen LogP contribution < -0.4 is 0 Å². The van der Waals surface area contributed by atoms with Crippen molar-refractivity contribution in [3.8, 4) is 0 Å². The number of alkyl halides is 2. The molecular formula is C10H12F2S. The zero-order valence-corrected chi connectivity index (χ0v) is 8.50. The van der Waals surface area contributed by atoms with Crippen LogP contribution in [0.25, 0.3) is 0 Å². The Morgan fingerprint density at radius 1 is 1.31 bits per heavy atom. The van der Waals surface area contributed by atoms with Crippen LogP contribution in [0.15, 0.2) is 23.1 Å². The third kappa shape index (κ3) is 3.35. The van der Waals surface area contributed by atoms with Gasteiger partial charge in [-0.15, -0.1) is 11.8 Å². The third-order valence-electron chi connectivity index (χ3n) is 1.71. The maximum absolute atomic E-state index is 11.9. The average Bonchev–Trinajstić information content (AvgIpc) is 2.06. The first kappa shape index (κ1) is 10.5. The summed E-state index contributed by atoms with van der Waals surface area (Å²) in [6.45, 7) is 3.90. The number of aryl methyl sites for hydroxylation is 2. The molecule has 0 nitrogen and oxygen atoms in total. The number of halogens is 2. The number of hydrogen-bond acceptors (Lipinski definition) is 1. The van der Waals surface area contributed by atoms with Crippen LogP contribution in [0.5, 0.6) is 0 Å². The maximum Gasteiger partial charge on any atom is 0.247 e. The molecule has 0 fully saturated rings. The van der Waals surface area contributed by atoms with Crippen LogP contribution >= 0.6 is 11.8 Å². The van der Waals surface area contributed by atoms with Crippen molar-refractivity contribution in [1.29, 1.82) is 0 Å². The molecule has 0 saturated carbocycles. The normalized spacial score (nSPS) is 10.8. The van der Waals surface area contributed by atoms with Crippen molar-refractivity contribution in [2.75, 3.05) is 5.75 Å². The molecule has 0 aliphatic heterocycles. The number of thioether (sulfide) groups is 1. The fraction of sp³-hybridized carbons (Fsp3) is 0.400. The molecule has 0 heterocycles. The second-order valence-corrected chi connectivity index (χ2v) is 4.03. The molecule has 0 aliphatic rings. The Labute approximate surface area is 81.3 Å². The molecule has 0 N–H and O–H groups in total. The first-order valence-electron chi connectivity index (χ1n) is 4.08. The molecule has 72 valence electrons. The van der Waals surface area contributed by atoms with Crippen LogP contribution in [-0.4, -0.2) is 12.2 Å². The minimum absolute atomic E-state index is 0.121. The van der Waals surface area contributed by atoms with E-state index in [1.54, 1.807) is 0 Å². The topological polar surface area (TPSA) is 0 Å². The van der Waals surface area contributed by atoms with Gasteiger partial charge < -0.3 is 0 Å². The van der Waals surface area contributed by atoms with Crippen LogP contribution in [0.2, 0.25) is 0 Å². The SMILES string of the molecule is Cc1ccc(C)c(SCC(F)F)c1. The molecule has 0 bridgehead atoms. The Morgan fingerprint density at radius 3 is 2.62 bits per heavy atom. The van der Waals surface area contributed by atoms with E-state index in [0.29, 0.717) is 0 Å². The van der Waals surface area contributed by atoms with Crippen molar-refractivity contribution in [1.82, 2.24) is 0 Å². The summed E-state index contributed by atoms with van der Waals surface area (Å²) in [5.74, 6) is -0.121. The van der Waals surface area contributed by atoms with Crippen molar-refractivity contribution in [2.24, 2.45) is 0 Å². The molecule has 1 rings (SSSR count). The second-order valence-electron chi connectivity index (χ2n) is 2.97. The minimum Gasteiger partial charge on any atom is -0.210 e. The van der Waals surface area contributed by atoms with Crippen LogP contribution in [0.3, 0.4) is 0 Å². The lowest BCUT2D eigenvalue weighted by molar-refractivity contribution is 0.177. The Morgan fingerprint density at radius 2 is 2.00 bits per heavy atom. The van der Waals surface area contributed by atoms with Crippen molar-refractivity contribution in [3.05, 3.63) is 29.3 Å². The van der Waals surface area contributed by atoms with Crippen LogP contribution in [0, 0.1) is 13.8 Å². The Kier molecular flexibility index (Phi) is 3.72. The van der Waals surface area contributed by atoms with Crippen LogP contribution in [0.4, 0.5) is 8.78 Å². The van der Waals surface area contributed by atoms with E-state index in [1.807, 2.05) is 32.0 Å². The molecule has 0 aliphatic carbocycles. The van der Waals surface area contributed by atoms with Gasteiger partial charge in [-0.2, -0.15) is 0 Å². The lowest BCUT2D eigenvalue weighted by Crippen LogP contribution is -1.94. The highest BCUT2D eigenvalue weighted by atomic mass is 32.2. The molecule has 0 amide bonds. The van der Waals surface area contributed by atoms with E-state index >= 15 is 0 Å². The van der Waals surface area contributed by atoms with Gasteiger partial charge in [0, 0.05) is 4.90 Å². The number of rotatable bonds is 3. The summed E-state index contributed by atoms with van der Waals surface area (Å²) in [7, 11) is 0. The summed E-state index contributed by atoms with van der Waals surface area (Å²) in [4.78, 5) is 0.959. The zero-order chi connectivity index (χ0) is 9.84. The Bertz CT molecular complexity index is 284. The Hall–Kier alpha value is -0.570. The fourth-order valence-corrected chi connectivity index (χ4v) is 1.89. The fourth-order valence-electron chi connectivity index (χ4n) is 1.02. The standard InChI is InChI=1S/C10H12F2S/c1-7-3-4-8(2)9(5-7)13-6-10(11)12/h3-5,10H,6H2,1-2H3. The monoisotopic (exact) mass is 202 g/mol. The first-order chi connectivity index (χ1) is 6.09. The van der Waals surface area contributed by atoms with E-state index < -0.39 is 6.43 Å². The van der Waals surface area contributed by atoms with Crippen molar-refractivity contribution in [3.63, 3.8) is 0 Å². The van der Waals surface area contributed by atoms with Crippen LogP contribution in [0.1, 0.15) is 11.1 Å². The molecule has 0 aromatic heterocycles. The van der Waals surface area contributed by atoms with E-state index in [0.717, 1.165) is 16.0 Å². The Balaban J connectivity index is 2.70. The third-order valence-corrected chi connectivity index (χ3v) is 2.88. The molecule has 3 heteroatoms. The summed E-state index contributed by atoms with van der Waals surface area (Å²) < 4.78 is 23.9. The van der Waals surface area contributed by atoms with Crippen molar-refractivity contribution >= 4 is 11.8 Å². The minimum atomic E-state index is -2.23. The maximum atomic E-state index is 11.9. The smallest absolute Gasteiger partial charge is 0.210 e. The van der Waals surface area contributed by atoms with Gasteiger partial charge in [0.2, 0.25) is 6.43 Å². The van der Waals surface area contributed by atoms with E-state index in [4.69, 9.17) is 0 Å². The molecule has 1 aromatic rings. The molecule has 0 spiro atoms. The van der Waals surface area contributed by atoms with Crippen LogP contribution in [-0.2, 0) is 0 Å². The van der Waals surface area contributed by atoms with Gasteiger partial charge in [0.25, 0.3) is 0 Å². The van der Waals surface area contributed by atoms with Crippen molar-refractivity contribution in [2.45, 2.75) is 25.2 Å². The summed E-state index contributed by atoms with van der Waals surface area (Å²) in [6, 6.07) is 5.90. The van der Waals surface area contributed by atoms with Gasteiger partial charge >= 0.3 is 0 Å². The predicted molar refractivity (Wildman–Crippen MR) is 52.6 cm³/mol. The first-order valence-corrected chi connectivity index (χ1v) is 5.06. The van der Waals surface area contributed by atoms with Gasteiger partial charge in [0.15, 0.2) is 0 Å². The van der Waals surface area contributed by atoms with Gasteiger partial charge in [-0.05, 0) is 25.5 Å². The molecule has 13 heavy (non-hydrogen) atoms. The van der Waals surface area contributed by atoms with Gasteiger partial charge in [-0.1, -0.05) is 17.7 Å².